The standard InChI is InChI=1S/C12H22N2/c1-3-4-7-14-11-5-6-12(14)9-10(8-11)13-2/h3,10-13H,1,4-9H2,2H3. The van der Waals surface area contributed by atoms with Crippen LogP contribution in [0.5, 0.6) is 0 Å². The normalized spacial score (nSPS) is 37.4. The number of fused-ring (bicyclic) bond motifs is 2. The van der Waals surface area contributed by atoms with Gasteiger partial charge in [0.05, 0.1) is 0 Å². The van der Waals surface area contributed by atoms with Gasteiger partial charge < -0.3 is 5.32 Å². The minimum atomic E-state index is 0.771. The Bertz CT molecular complexity index is 188. The molecule has 14 heavy (non-hydrogen) atoms. The Kier molecular flexibility index (Phi) is 3.24. The van der Waals surface area contributed by atoms with E-state index in [-0.39, 0.29) is 0 Å². The summed E-state index contributed by atoms with van der Waals surface area (Å²) in [7, 11) is 2.10. The van der Waals surface area contributed by atoms with Gasteiger partial charge in [0.15, 0.2) is 0 Å². The summed E-state index contributed by atoms with van der Waals surface area (Å²) in [6, 6.07) is 2.48. The van der Waals surface area contributed by atoms with Crippen molar-refractivity contribution in [3.63, 3.8) is 0 Å². The Morgan fingerprint density at radius 2 is 2.00 bits per heavy atom. The maximum absolute atomic E-state index is 3.81. The molecule has 0 aliphatic carbocycles. The molecule has 0 aromatic rings. The lowest BCUT2D eigenvalue weighted by Crippen LogP contribution is -2.48. The van der Waals surface area contributed by atoms with E-state index in [4.69, 9.17) is 0 Å². The summed E-state index contributed by atoms with van der Waals surface area (Å²) >= 11 is 0. The van der Waals surface area contributed by atoms with Crippen LogP contribution in [-0.2, 0) is 0 Å². The SMILES string of the molecule is C=CCCN1C2CCC1CC(NC)C2. The Labute approximate surface area is 87.4 Å². The third-order valence-corrected chi connectivity index (χ3v) is 3.88. The zero-order chi connectivity index (χ0) is 9.97. The number of nitrogens with zero attached hydrogens (tertiary/aromatic N) is 1. The first-order valence-corrected chi connectivity index (χ1v) is 5.89. The van der Waals surface area contributed by atoms with E-state index >= 15 is 0 Å². The minimum absolute atomic E-state index is 0.771. The average Bonchev–Trinajstić information content (AvgIpc) is 2.46. The number of piperidine rings is 1. The van der Waals surface area contributed by atoms with Gasteiger partial charge in [0.2, 0.25) is 0 Å². The molecule has 2 heterocycles. The Hall–Kier alpha value is -0.340. The predicted octanol–water partition coefficient (Wildman–Crippen LogP) is 1.78. The van der Waals surface area contributed by atoms with E-state index in [0.717, 1.165) is 24.5 Å². The summed E-state index contributed by atoms with van der Waals surface area (Å²) in [4.78, 5) is 2.72. The summed E-state index contributed by atoms with van der Waals surface area (Å²) < 4.78 is 0. The van der Waals surface area contributed by atoms with Crippen LogP contribution in [0, 0.1) is 0 Å². The number of hydrogen-bond donors (Lipinski definition) is 1. The summed E-state index contributed by atoms with van der Waals surface area (Å²) in [6.07, 6.45) is 8.73. The van der Waals surface area contributed by atoms with E-state index in [9.17, 15) is 0 Å². The van der Waals surface area contributed by atoms with Crippen molar-refractivity contribution in [2.75, 3.05) is 13.6 Å². The molecule has 0 amide bonds. The maximum Gasteiger partial charge on any atom is 0.0114 e. The van der Waals surface area contributed by atoms with Gasteiger partial charge in [-0.25, -0.2) is 0 Å². The van der Waals surface area contributed by atoms with Crippen LogP contribution in [0.3, 0.4) is 0 Å². The Morgan fingerprint density at radius 3 is 2.50 bits per heavy atom. The van der Waals surface area contributed by atoms with Crippen molar-refractivity contribution in [2.45, 2.75) is 50.2 Å². The lowest BCUT2D eigenvalue weighted by Gasteiger charge is -2.38. The van der Waals surface area contributed by atoms with Crippen LogP contribution in [0.25, 0.3) is 0 Å². The molecular formula is C12H22N2. The van der Waals surface area contributed by atoms with Crippen LogP contribution < -0.4 is 5.32 Å². The van der Waals surface area contributed by atoms with Gasteiger partial charge in [-0.05, 0) is 39.2 Å². The molecule has 0 spiro atoms. The maximum atomic E-state index is 3.81. The lowest BCUT2D eigenvalue weighted by atomic mass is 9.97. The van der Waals surface area contributed by atoms with Crippen molar-refractivity contribution in [3.05, 3.63) is 12.7 Å². The highest BCUT2D eigenvalue weighted by molar-refractivity contribution is 4.97. The Morgan fingerprint density at radius 1 is 1.36 bits per heavy atom. The molecule has 2 nitrogen and oxygen atoms in total. The zero-order valence-electron chi connectivity index (χ0n) is 9.21. The highest BCUT2D eigenvalue weighted by Gasteiger charge is 2.39. The van der Waals surface area contributed by atoms with Gasteiger partial charge in [-0.15, -0.1) is 6.58 Å². The third kappa shape index (κ3) is 1.86. The third-order valence-electron chi connectivity index (χ3n) is 3.88. The fourth-order valence-electron chi connectivity index (χ4n) is 3.12. The molecule has 0 radical (unpaired) electrons. The molecule has 2 atom stereocenters. The highest BCUT2D eigenvalue weighted by atomic mass is 15.2. The summed E-state index contributed by atoms with van der Waals surface area (Å²) in [5.74, 6) is 0. The van der Waals surface area contributed by atoms with Crippen LogP contribution in [0.15, 0.2) is 12.7 Å². The molecule has 0 aromatic carbocycles. The molecule has 1 N–H and O–H groups in total. The fraction of sp³-hybridized carbons (Fsp3) is 0.833. The molecule has 2 heteroatoms. The van der Waals surface area contributed by atoms with Crippen molar-refractivity contribution in [1.29, 1.82) is 0 Å². The smallest absolute Gasteiger partial charge is 0.0114 e. The highest BCUT2D eigenvalue weighted by Crippen LogP contribution is 2.35. The second-order valence-corrected chi connectivity index (χ2v) is 4.66. The summed E-state index contributed by atoms with van der Waals surface area (Å²) in [5.41, 5.74) is 0. The van der Waals surface area contributed by atoms with E-state index < -0.39 is 0 Å². The average molecular weight is 194 g/mol. The van der Waals surface area contributed by atoms with Gasteiger partial charge in [-0.1, -0.05) is 6.08 Å². The van der Waals surface area contributed by atoms with Crippen LogP contribution >= 0.6 is 0 Å². The van der Waals surface area contributed by atoms with E-state index in [1.165, 1.54) is 32.2 Å². The van der Waals surface area contributed by atoms with Gasteiger partial charge in [0.25, 0.3) is 0 Å². The van der Waals surface area contributed by atoms with E-state index in [1.807, 2.05) is 6.08 Å². The molecule has 2 bridgehead atoms. The van der Waals surface area contributed by atoms with Crippen LogP contribution in [-0.4, -0.2) is 36.6 Å². The van der Waals surface area contributed by atoms with Crippen LogP contribution in [0.2, 0.25) is 0 Å². The zero-order valence-corrected chi connectivity index (χ0v) is 9.21. The topological polar surface area (TPSA) is 15.3 Å². The predicted molar refractivity (Wildman–Crippen MR) is 60.4 cm³/mol. The number of nitrogens with one attached hydrogen (secondary N) is 1. The van der Waals surface area contributed by atoms with Crippen LogP contribution in [0.4, 0.5) is 0 Å². The molecular weight excluding hydrogens is 172 g/mol. The summed E-state index contributed by atoms with van der Waals surface area (Å²) in [6.45, 7) is 5.04. The fourth-order valence-corrected chi connectivity index (χ4v) is 3.12. The van der Waals surface area contributed by atoms with Crippen molar-refractivity contribution in [3.8, 4) is 0 Å². The van der Waals surface area contributed by atoms with Gasteiger partial charge >= 0.3 is 0 Å². The Balaban J connectivity index is 1.92. The summed E-state index contributed by atoms with van der Waals surface area (Å²) in [5, 5.41) is 3.43. The van der Waals surface area contributed by atoms with Gasteiger partial charge in [0, 0.05) is 24.7 Å². The first-order chi connectivity index (χ1) is 6.85. The van der Waals surface area contributed by atoms with E-state index in [2.05, 4.69) is 23.8 Å². The van der Waals surface area contributed by atoms with Crippen molar-refractivity contribution < 1.29 is 0 Å². The van der Waals surface area contributed by atoms with Crippen molar-refractivity contribution in [1.82, 2.24) is 10.2 Å². The van der Waals surface area contributed by atoms with Gasteiger partial charge in [-0.2, -0.15) is 0 Å². The molecule has 2 rings (SSSR count). The monoisotopic (exact) mass is 194 g/mol. The number of hydrogen-bond acceptors (Lipinski definition) is 2. The molecule has 2 fully saturated rings. The van der Waals surface area contributed by atoms with Gasteiger partial charge in [-0.3, -0.25) is 4.90 Å². The number of rotatable bonds is 4. The van der Waals surface area contributed by atoms with E-state index in [0.29, 0.717) is 0 Å². The van der Waals surface area contributed by atoms with Gasteiger partial charge in [0.1, 0.15) is 0 Å². The first kappa shape index (κ1) is 10.2. The molecule has 2 aliphatic heterocycles. The molecule has 2 unspecified atom stereocenters. The van der Waals surface area contributed by atoms with Crippen molar-refractivity contribution >= 4 is 0 Å². The lowest BCUT2D eigenvalue weighted by molar-refractivity contribution is 0.122. The molecule has 0 saturated carbocycles. The molecule has 2 aliphatic rings. The molecule has 2 saturated heterocycles. The minimum Gasteiger partial charge on any atom is -0.317 e. The van der Waals surface area contributed by atoms with Crippen molar-refractivity contribution in [2.24, 2.45) is 0 Å². The van der Waals surface area contributed by atoms with E-state index in [1.54, 1.807) is 0 Å². The largest absolute Gasteiger partial charge is 0.317 e. The van der Waals surface area contributed by atoms with Crippen LogP contribution in [0.1, 0.15) is 32.1 Å². The molecule has 80 valence electrons. The quantitative estimate of drug-likeness (QED) is 0.686. The second-order valence-electron chi connectivity index (χ2n) is 4.66. The first-order valence-electron chi connectivity index (χ1n) is 5.89. The molecule has 0 aromatic heterocycles. The second kappa shape index (κ2) is 4.45.